The first-order valence-electron chi connectivity index (χ1n) is 5.47. The largest absolute Gasteiger partial charge is 0.481 e. The van der Waals surface area contributed by atoms with E-state index in [1.807, 2.05) is 0 Å². The van der Waals surface area contributed by atoms with Crippen molar-refractivity contribution < 1.29 is 29.3 Å². The molecular weight excluding hydrogens is 242 g/mol. The number of rotatable bonds is 5. The third-order valence-corrected chi connectivity index (χ3v) is 2.00. The van der Waals surface area contributed by atoms with Crippen molar-refractivity contribution in [1.82, 2.24) is 5.32 Å². The smallest absolute Gasteiger partial charge is 0.408 e. The first-order chi connectivity index (χ1) is 8.03. The topological polar surface area (TPSA) is 113 Å². The number of ether oxygens (including phenoxy) is 1. The second-order valence-electron chi connectivity index (χ2n) is 5.04. The van der Waals surface area contributed by atoms with Gasteiger partial charge in [0.2, 0.25) is 0 Å². The number of nitrogens with one attached hydrogen (secondary N) is 1. The Balaban J connectivity index is 4.59. The molecule has 0 aromatic carbocycles. The molecule has 7 heteroatoms. The molecule has 7 nitrogen and oxygen atoms in total. The van der Waals surface area contributed by atoms with Gasteiger partial charge < -0.3 is 20.3 Å². The van der Waals surface area contributed by atoms with Crippen LogP contribution in [0.4, 0.5) is 4.79 Å². The predicted molar refractivity (Wildman–Crippen MR) is 62.2 cm³/mol. The molecule has 0 saturated heterocycles. The molecule has 18 heavy (non-hydrogen) atoms. The Hall–Kier alpha value is -1.79. The number of carboxylic acids is 2. The lowest BCUT2D eigenvalue weighted by molar-refractivity contribution is -0.142. The quantitative estimate of drug-likeness (QED) is 0.682. The van der Waals surface area contributed by atoms with Crippen molar-refractivity contribution in [3.63, 3.8) is 0 Å². The minimum atomic E-state index is -1.30. The molecule has 0 spiro atoms. The summed E-state index contributed by atoms with van der Waals surface area (Å²) in [5.74, 6) is -3.16. The lowest BCUT2D eigenvalue weighted by Gasteiger charge is -2.24. The van der Waals surface area contributed by atoms with Gasteiger partial charge in [-0.25, -0.2) is 9.59 Å². The zero-order valence-electron chi connectivity index (χ0n) is 10.9. The zero-order valence-corrected chi connectivity index (χ0v) is 10.9. The Morgan fingerprint density at radius 1 is 1.22 bits per heavy atom. The molecule has 2 atom stereocenters. The molecule has 0 rings (SSSR count). The Labute approximate surface area is 105 Å². The number of carbonyl (C=O) groups is 3. The minimum absolute atomic E-state index is 0.354. The molecule has 0 saturated carbocycles. The standard InChI is InChI=1S/C11H19NO6/c1-6(5-7(13)14)8(9(15)16)12-10(17)18-11(2,3)4/h6,8H,5H2,1-4H3,(H,12,17)(H,13,14)(H,15,16). The van der Waals surface area contributed by atoms with Crippen LogP contribution < -0.4 is 5.32 Å². The van der Waals surface area contributed by atoms with Gasteiger partial charge in [-0.1, -0.05) is 6.92 Å². The van der Waals surface area contributed by atoms with Crippen LogP contribution in [0.25, 0.3) is 0 Å². The van der Waals surface area contributed by atoms with Gasteiger partial charge in [0, 0.05) is 0 Å². The number of carbonyl (C=O) groups excluding carboxylic acids is 1. The summed E-state index contributed by atoms with van der Waals surface area (Å²) in [6, 6.07) is -1.30. The Morgan fingerprint density at radius 2 is 1.72 bits per heavy atom. The molecule has 0 radical (unpaired) electrons. The number of aliphatic carboxylic acids is 2. The van der Waals surface area contributed by atoms with Crippen molar-refractivity contribution in [3.8, 4) is 0 Å². The average Bonchev–Trinajstić information content (AvgIpc) is 2.09. The molecule has 0 bridgehead atoms. The van der Waals surface area contributed by atoms with Crippen molar-refractivity contribution >= 4 is 18.0 Å². The SMILES string of the molecule is CC(CC(=O)O)C(NC(=O)OC(C)(C)C)C(=O)O. The molecule has 0 heterocycles. The van der Waals surface area contributed by atoms with Crippen LogP contribution in [0.1, 0.15) is 34.1 Å². The van der Waals surface area contributed by atoms with Gasteiger partial charge in [-0.05, 0) is 26.7 Å². The van der Waals surface area contributed by atoms with Crippen molar-refractivity contribution in [2.75, 3.05) is 0 Å². The Kier molecular flexibility index (Phi) is 5.61. The average molecular weight is 261 g/mol. The number of hydrogen-bond donors (Lipinski definition) is 3. The summed E-state index contributed by atoms with van der Waals surface area (Å²) in [7, 11) is 0. The first kappa shape index (κ1) is 16.2. The van der Waals surface area contributed by atoms with Gasteiger partial charge in [0.25, 0.3) is 0 Å². The summed E-state index contributed by atoms with van der Waals surface area (Å²) in [6.45, 7) is 6.36. The summed E-state index contributed by atoms with van der Waals surface area (Å²) >= 11 is 0. The number of carboxylic acid groups (broad SMARTS) is 2. The molecule has 0 aliphatic heterocycles. The molecule has 104 valence electrons. The lowest BCUT2D eigenvalue weighted by Crippen LogP contribution is -2.47. The van der Waals surface area contributed by atoms with E-state index in [1.54, 1.807) is 20.8 Å². The van der Waals surface area contributed by atoms with E-state index in [-0.39, 0.29) is 6.42 Å². The van der Waals surface area contributed by atoms with Gasteiger partial charge in [-0.15, -0.1) is 0 Å². The fraction of sp³-hybridized carbons (Fsp3) is 0.727. The predicted octanol–water partition coefficient (Wildman–Crippen LogP) is 1.08. The maximum absolute atomic E-state index is 11.4. The molecule has 2 unspecified atom stereocenters. The van der Waals surface area contributed by atoms with Crippen LogP contribution in [0.5, 0.6) is 0 Å². The van der Waals surface area contributed by atoms with Crippen LogP contribution in [0.15, 0.2) is 0 Å². The normalized spacial score (nSPS) is 14.4. The fourth-order valence-electron chi connectivity index (χ4n) is 1.28. The van der Waals surface area contributed by atoms with Gasteiger partial charge in [0.1, 0.15) is 11.6 Å². The van der Waals surface area contributed by atoms with Crippen molar-refractivity contribution in [2.45, 2.75) is 45.8 Å². The summed E-state index contributed by atoms with van der Waals surface area (Å²) in [5.41, 5.74) is -0.747. The summed E-state index contributed by atoms with van der Waals surface area (Å²) in [6.07, 6.45) is -1.24. The monoisotopic (exact) mass is 261 g/mol. The summed E-state index contributed by atoms with van der Waals surface area (Å²) in [4.78, 5) is 32.9. The van der Waals surface area contributed by atoms with Gasteiger partial charge in [0.15, 0.2) is 0 Å². The third-order valence-electron chi connectivity index (χ3n) is 2.00. The lowest BCUT2D eigenvalue weighted by atomic mass is 9.98. The Bertz CT molecular complexity index is 333. The molecule has 1 amide bonds. The minimum Gasteiger partial charge on any atom is -0.481 e. The maximum atomic E-state index is 11.4. The highest BCUT2D eigenvalue weighted by molar-refractivity contribution is 5.81. The number of hydrogen-bond acceptors (Lipinski definition) is 4. The van der Waals surface area contributed by atoms with Crippen LogP contribution >= 0.6 is 0 Å². The zero-order chi connectivity index (χ0) is 14.5. The fourth-order valence-corrected chi connectivity index (χ4v) is 1.28. The molecule has 0 fully saturated rings. The van der Waals surface area contributed by atoms with Gasteiger partial charge >= 0.3 is 18.0 Å². The van der Waals surface area contributed by atoms with Crippen molar-refractivity contribution in [2.24, 2.45) is 5.92 Å². The van der Waals surface area contributed by atoms with Crippen LogP contribution in [0, 0.1) is 5.92 Å². The maximum Gasteiger partial charge on any atom is 0.408 e. The highest BCUT2D eigenvalue weighted by Gasteiger charge is 2.29. The first-order valence-corrected chi connectivity index (χ1v) is 5.47. The highest BCUT2D eigenvalue weighted by atomic mass is 16.6. The molecular formula is C11H19NO6. The van der Waals surface area contributed by atoms with Crippen molar-refractivity contribution in [3.05, 3.63) is 0 Å². The van der Waals surface area contributed by atoms with Crippen LogP contribution in [0.2, 0.25) is 0 Å². The van der Waals surface area contributed by atoms with Crippen LogP contribution in [-0.4, -0.2) is 39.9 Å². The molecule has 0 aliphatic carbocycles. The number of amides is 1. The second kappa shape index (κ2) is 6.23. The highest BCUT2D eigenvalue weighted by Crippen LogP contribution is 2.11. The Morgan fingerprint density at radius 3 is 2.06 bits per heavy atom. The molecule has 0 aromatic rings. The van der Waals surface area contributed by atoms with E-state index in [0.717, 1.165) is 0 Å². The van der Waals surface area contributed by atoms with Gasteiger partial charge in [0.05, 0.1) is 6.42 Å². The third kappa shape index (κ3) is 6.72. The van der Waals surface area contributed by atoms with Crippen LogP contribution in [-0.2, 0) is 14.3 Å². The van der Waals surface area contributed by atoms with E-state index in [1.165, 1.54) is 6.92 Å². The summed E-state index contributed by atoms with van der Waals surface area (Å²) < 4.78 is 4.91. The van der Waals surface area contributed by atoms with Crippen LogP contribution in [0.3, 0.4) is 0 Å². The van der Waals surface area contributed by atoms with E-state index in [4.69, 9.17) is 14.9 Å². The van der Waals surface area contributed by atoms with E-state index >= 15 is 0 Å². The van der Waals surface area contributed by atoms with Gasteiger partial charge in [-0.3, -0.25) is 4.79 Å². The molecule has 3 N–H and O–H groups in total. The second-order valence-corrected chi connectivity index (χ2v) is 5.04. The molecule has 0 aromatic heterocycles. The van der Waals surface area contributed by atoms with E-state index in [0.29, 0.717) is 0 Å². The van der Waals surface area contributed by atoms with Crippen molar-refractivity contribution in [1.29, 1.82) is 0 Å². The van der Waals surface area contributed by atoms with E-state index in [2.05, 4.69) is 5.32 Å². The van der Waals surface area contributed by atoms with E-state index < -0.39 is 35.6 Å². The van der Waals surface area contributed by atoms with E-state index in [9.17, 15) is 14.4 Å². The van der Waals surface area contributed by atoms with Gasteiger partial charge in [-0.2, -0.15) is 0 Å². The number of alkyl carbamates (subject to hydrolysis) is 1. The molecule has 0 aliphatic rings. The summed E-state index contributed by atoms with van der Waals surface area (Å²) in [5, 5.41) is 19.7.